The zero-order valence-electron chi connectivity index (χ0n) is 14.7. The average molecular weight is 392 g/mol. The largest absolute Gasteiger partial charge is 0.378 e. The van der Waals surface area contributed by atoms with Crippen molar-refractivity contribution in [3.05, 3.63) is 59.9 Å². The van der Waals surface area contributed by atoms with Gasteiger partial charge in [0.05, 0.1) is 22.3 Å². The molecule has 1 amide bonds. The van der Waals surface area contributed by atoms with Crippen molar-refractivity contribution in [1.29, 1.82) is 0 Å². The summed E-state index contributed by atoms with van der Waals surface area (Å²) in [4.78, 5) is 12.4. The van der Waals surface area contributed by atoms with Gasteiger partial charge in [-0.05, 0) is 55.7 Å². The normalized spacial score (nSPS) is 16.9. The maximum atomic E-state index is 13.0. The molecule has 2 aromatic carbocycles. The summed E-state index contributed by atoms with van der Waals surface area (Å²) < 4.78 is 45.9. The van der Waals surface area contributed by atoms with Gasteiger partial charge >= 0.3 is 0 Å². The minimum atomic E-state index is -3.94. The van der Waals surface area contributed by atoms with Crippen molar-refractivity contribution in [1.82, 2.24) is 5.32 Å². The van der Waals surface area contributed by atoms with Crippen LogP contribution in [-0.4, -0.2) is 33.6 Å². The van der Waals surface area contributed by atoms with Crippen molar-refractivity contribution in [3.63, 3.8) is 0 Å². The molecule has 0 bridgehead atoms. The van der Waals surface area contributed by atoms with E-state index < -0.39 is 15.8 Å². The number of ether oxygens (including phenoxy) is 1. The first kappa shape index (κ1) is 19.3. The fourth-order valence-electron chi connectivity index (χ4n) is 2.90. The number of nitrogens with one attached hydrogen (secondary N) is 2. The third-order valence-electron chi connectivity index (χ3n) is 4.32. The molecule has 27 heavy (non-hydrogen) atoms. The molecule has 1 fully saturated rings. The lowest BCUT2D eigenvalue weighted by molar-refractivity contribution is 0.0908. The van der Waals surface area contributed by atoms with Crippen LogP contribution in [0.5, 0.6) is 0 Å². The van der Waals surface area contributed by atoms with E-state index in [9.17, 15) is 17.6 Å². The standard InChI is InChI=1S/C19H21FN2O4S/c20-14-7-9-16(10-8-14)27(24,25)22-18-6-2-1-5-17(18)19(23)21-12-11-15-4-3-13-26-15/h1-2,5-10,15,22H,3-4,11-13H2,(H,21,23). The van der Waals surface area contributed by atoms with E-state index in [4.69, 9.17) is 4.74 Å². The van der Waals surface area contributed by atoms with Gasteiger partial charge in [0.25, 0.3) is 15.9 Å². The second kappa shape index (κ2) is 8.49. The maximum Gasteiger partial charge on any atom is 0.261 e. The molecule has 2 N–H and O–H groups in total. The van der Waals surface area contributed by atoms with Crippen molar-refractivity contribution < 1.29 is 22.3 Å². The minimum absolute atomic E-state index is 0.0857. The Morgan fingerprint density at radius 3 is 2.59 bits per heavy atom. The third-order valence-corrected chi connectivity index (χ3v) is 5.70. The highest BCUT2D eigenvalue weighted by Gasteiger charge is 2.19. The van der Waals surface area contributed by atoms with Gasteiger partial charge < -0.3 is 10.1 Å². The van der Waals surface area contributed by atoms with Gasteiger partial charge in [-0.25, -0.2) is 12.8 Å². The van der Waals surface area contributed by atoms with E-state index in [0.29, 0.717) is 6.54 Å². The molecule has 0 aromatic heterocycles. The molecule has 1 atom stereocenters. The molecule has 0 saturated carbocycles. The first-order valence-corrected chi connectivity index (χ1v) is 10.2. The highest BCUT2D eigenvalue weighted by molar-refractivity contribution is 7.92. The van der Waals surface area contributed by atoms with Crippen LogP contribution in [0.15, 0.2) is 53.4 Å². The van der Waals surface area contributed by atoms with Crippen LogP contribution in [0.25, 0.3) is 0 Å². The van der Waals surface area contributed by atoms with E-state index in [-0.39, 0.29) is 28.2 Å². The first-order chi connectivity index (χ1) is 13.0. The van der Waals surface area contributed by atoms with Crippen LogP contribution >= 0.6 is 0 Å². The first-order valence-electron chi connectivity index (χ1n) is 8.73. The highest BCUT2D eigenvalue weighted by atomic mass is 32.2. The van der Waals surface area contributed by atoms with E-state index in [2.05, 4.69) is 10.0 Å². The van der Waals surface area contributed by atoms with Crippen molar-refractivity contribution in [2.24, 2.45) is 0 Å². The van der Waals surface area contributed by atoms with Crippen LogP contribution in [-0.2, 0) is 14.8 Å². The van der Waals surface area contributed by atoms with Gasteiger partial charge in [0, 0.05) is 13.2 Å². The molecule has 1 saturated heterocycles. The van der Waals surface area contributed by atoms with E-state index >= 15 is 0 Å². The monoisotopic (exact) mass is 392 g/mol. The van der Waals surface area contributed by atoms with Gasteiger partial charge in [0.2, 0.25) is 0 Å². The molecule has 0 radical (unpaired) electrons. The van der Waals surface area contributed by atoms with Crippen LogP contribution in [0.2, 0.25) is 0 Å². The Balaban J connectivity index is 1.69. The fraction of sp³-hybridized carbons (Fsp3) is 0.316. The Hall–Kier alpha value is -2.45. The zero-order valence-corrected chi connectivity index (χ0v) is 15.5. The Morgan fingerprint density at radius 2 is 1.89 bits per heavy atom. The summed E-state index contributed by atoms with van der Waals surface area (Å²) in [5, 5.41) is 2.80. The van der Waals surface area contributed by atoms with Gasteiger partial charge in [0.15, 0.2) is 0 Å². The highest BCUT2D eigenvalue weighted by Crippen LogP contribution is 2.21. The quantitative estimate of drug-likeness (QED) is 0.759. The number of halogens is 1. The summed E-state index contributed by atoms with van der Waals surface area (Å²) in [6, 6.07) is 10.8. The summed E-state index contributed by atoms with van der Waals surface area (Å²) >= 11 is 0. The van der Waals surface area contributed by atoms with Crippen molar-refractivity contribution in [2.45, 2.75) is 30.3 Å². The molecule has 1 aliphatic heterocycles. The number of carbonyl (C=O) groups excluding carboxylic acids is 1. The molecule has 1 unspecified atom stereocenters. The number of benzene rings is 2. The topological polar surface area (TPSA) is 84.5 Å². The number of carbonyl (C=O) groups is 1. The molecule has 144 valence electrons. The smallest absolute Gasteiger partial charge is 0.261 e. The number of rotatable bonds is 7. The summed E-state index contributed by atoms with van der Waals surface area (Å²) in [5.41, 5.74) is 0.381. The lowest BCUT2D eigenvalue weighted by atomic mass is 10.1. The summed E-state index contributed by atoms with van der Waals surface area (Å²) in [6.07, 6.45) is 2.91. The van der Waals surface area contributed by atoms with Gasteiger partial charge in [0.1, 0.15) is 5.82 Å². The fourth-order valence-corrected chi connectivity index (χ4v) is 3.98. The number of para-hydroxylation sites is 1. The number of sulfonamides is 1. The third kappa shape index (κ3) is 5.05. The average Bonchev–Trinajstić information content (AvgIpc) is 3.15. The lowest BCUT2D eigenvalue weighted by Crippen LogP contribution is -2.28. The maximum absolute atomic E-state index is 13.0. The molecule has 2 aromatic rings. The molecule has 1 heterocycles. The molecular weight excluding hydrogens is 371 g/mol. The summed E-state index contributed by atoms with van der Waals surface area (Å²) in [6.45, 7) is 1.20. The SMILES string of the molecule is O=C(NCCC1CCCO1)c1ccccc1NS(=O)(=O)c1ccc(F)cc1. The summed E-state index contributed by atoms with van der Waals surface area (Å²) in [7, 11) is -3.94. The van der Waals surface area contributed by atoms with E-state index in [1.807, 2.05) is 0 Å². The zero-order chi connectivity index (χ0) is 19.3. The van der Waals surface area contributed by atoms with Gasteiger partial charge in [-0.15, -0.1) is 0 Å². The van der Waals surface area contributed by atoms with E-state index in [0.717, 1.165) is 38.0 Å². The molecule has 0 spiro atoms. The Labute approximate surface area is 157 Å². The van der Waals surface area contributed by atoms with E-state index in [1.165, 1.54) is 18.2 Å². The van der Waals surface area contributed by atoms with Crippen molar-refractivity contribution >= 4 is 21.6 Å². The molecule has 3 rings (SSSR count). The van der Waals surface area contributed by atoms with Crippen LogP contribution < -0.4 is 10.0 Å². The van der Waals surface area contributed by atoms with Crippen LogP contribution in [0.4, 0.5) is 10.1 Å². The van der Waals surface area contributed by atoms with Gasteiger partial charge in [-0.1, -0.05) is 12.1 Å². The van der Waals surface area contributed by atoms with Crippen molar-refractivity contribution in [2.75, 3.05) is 17.9 Å². The van der Waals surface area contributed by atoms with Crippen molar-refractivity contribution in [3.8, 4) is 0 Å². The molecule has 6 nitrogen and oxygen atoms in total. The Morgan fingerprint density at radius 1 is 1.15 bits per heavy atom. The summed E-state index contributed by atoms with van der Waals surface area (Å²) in [5.74, 6) is -0.898. The number of hydrogen-bond donors (Lipinski definition) is 2. The van der Waals surface area contributed by atoms with Gasteiger partial charge in [-0.2, -0.15) is 0 Å². The predicted molar refractivity (Wildman–Crippen MR) is 99.6 cm³/mol. The second-order valence-electron chi connectivity index (χ2n) is 6.28. The molecule has 1 aliphatic rings. The van der Waals surface area contributed by atoms with Gasteiger partial charge in [-0.3, -0.25) is 9.52 Å². The van der Waals surface area contributed by atoms with Crippen LogP contribution in [0, 0.1) is 5.82 Å². The Kier molecular flexibility index (Phi) is 6.08. The molecule has 0 aliphatic carbocycles. The molecule has 8 heteroatoms. The van der Waals surface area contributed by atoms with Crippen LogP contribution in [0.3, 0.4) is 0 Å². The Bertz CT molecular complexity index is 894. The van der Waals surface area contributed by atoms with Crippen LogP contribution in [0.1, 0.15) is 29.6 Å². The minimum Gasteiger partial charge on any atom is -0.378 e. The number of amides is 1. The lowest BCUT2D eigenvalue weighted by Gasteiger charge is -2.14. The number of hydrogen-bond acceptors (Lipinski definition) is 4. The second-order valence-corrected chi connectivity index (χ2v) is 7.97. The predicted octanol–water partition coefficient (Wildman–Crippen LogP) is 2.93. The number of anilines is 1. The van der Waals surface area contributed by atoms with E-state index in [1.54, 1.807) is 18.2 Å². The molecular formula is C19H21FN2O4S.